The van der Waals surface area contributed by atoms with Crippen LogP contribution in [0.1, 0.15) is 53.5 Å². The Labute approximate surface area is 209 Å². The lowest BCUT2D eigenvalue weighted by Gasteiger charge is -2.27. The van der Waals surface area contributed by atoms with Crippen LogP contribution >= 0.6 is 0 Å². The normalized spacial score (nSPS) is 14.4. The average Bonchev–Trinajstić information content (AvgIpc) is 2.80. The summed E-state index contributed by atoms with van der Waals surface area (Å²) in [7, 11) is 0. The molecule has 0 saturated heterocycles. The van der Waals surface area contributed by atoms with Crippen molar-refractivity contribution in [1.29, 1.82) is 0 Å². The second-order valence-electron chi connectivity index (χ2n) is 9.12. The number of carbonyl (C=O) groups is 2. The Balaban J connectivity index is 3.03. The number of nitrogens with one attached hydrogen (secondary N) is 1. The van der Waals surface area contributed by atoms with Crippen LogP contribution < -0.4 is 5.32 Å². The van der Waals surface area contributed by atoms with E-state index in [1.54, 1.807) is 53.0 Å². The van der Waals surface area contributed by atoms with E-state index in [9.17, 15) is 14.7 Å². The highest BCUT2D eigenvalue weighted by molar-refractivity contribution is 5.89. The highest BCUT2D eigenvalue weighted by Crippen LogP contribution is 2.14. The van der Waals surface area contributed by atoms with Crippen molar-refractivity contribution in [1.82, 2.24) is 10.2 Å². The van der Waals surface area contributed by atoms with Gasteiger partial charge < -0.3 is 19.9 Å². The molecule has 0 radical (unpaired) electrons. The summed E-state index contributed by atoms with van der Waals surface area (Å²) in [6, 6.07) is 8.89. The number of alkyl carbamates (subject to hydrolysis) is 1. The van der Waals surface area contributed by atoms with Gasteiger partial charge in [0.05, 0.1) is 25.4 Å². The molecule has 2 unspecified atom stereocenters. The van der Waals surface area contributed by atoms with Crippen molar-refractivity contribution in [3.8, 4) is 0 Å². The van der Waals surface area contributed by atoms with Gasteiger partial charge in [-0.25, -0.2) is 4.79 Å². The highest BCUT2D eigenvalue weighted by atomic mass is 16.6. The summed E-state index contributed by atoms with van der Waals surface area (Å²) >= 11 is 0. The van der Waals surface area contributed by atoms with E-state index in [-0.39, 0.29) is 12.5 Å². The molecule has 2 N–H and O–H groups in total. The molecule has 0 aliphatic rings. The van der Waals surface area contributed by atoms with Crippen LogP contribution in [0.5, 0.6) is 0 Å². The molecule has 1 aromatic carbocycles. The fraction of sp³-hybridized carbons (Fsp3) is 0.429. The molecule has 0 bridgehead atoms. The smallest absolute Gasteiger partial charge is 0.408 e. The largest absolute Gasteiger partial charge is 0.444 e. The molecule has 7 nitrogen and oxygen atoms in total. The number of allylic oxidation sites excluding steroid dienone is 4. The van der Waals surface area contributed by atoms with Crippen LogP contribution in [0.2, 0.25) is 0 Å². The van der Waals surface area contributed by atoms with Crippen LogP contribution in [0.3, 0.4) is 0 Å². The van der Waals surface area contributed by atoms with Gasteiger partial charge in [-0.15, -0.1) is 0 Å². The molecule has 0 fully saturated rings. The van der Waals surface area contributed by atoms with Gasteiger partial charge in [-0.05, 0) is 64.3 Å². The molecule has 35 heavy (non-hydrogen) atoms. The Kier molecular flexibility index (Phi) is 12.8. The molecule has 1 rings (SSSR count). The molecular formula is C28H40N2O5. The fourth-order valence-electron chi connectivity index (χ4n) is 2.97. The van der Waals surface area contributed by atoms with Crippen molar-refractivity contribution in [3.63, 3.8) is 0 Å². The zero-order valence-corrected chi connectivity index (χ0v) is 21.8. The summed E-state index contributed by atoms with van der Waals surface area (Å²) < 4.78 is 11.2. The maximum atomic E-state index is 12.4. The van der Waals surface area contributed by atoms with Crippen LogP contribution in [0, 0.1) is 0 Å². The van der Waals surface area contributed by atoms with E-state index in [0.717, 1.165) is 12.0 Å². The van der Waals surface area contributed by atoms with E-state index in [1.807, 2.05) is 43.3 Å². The van der Waals surface area contributed by atoms with Crippen LogP contribution in [0.15, 0.2) is 78.7 Å². The molecular weight excluding hydrogens is 444 g/mol. The van der Waals surface area contributed by atoms with Gasteiger partial charge in [0.1, 0.15) is 5.60 Å². The molecule has 0 aliphatic carbocycles. The lowest BCUT2D eigenvalue weighted by Crippen LogP contribution is -2.48. The minimum atomic E-state index is -1.04. The summed E-state index contributed by atoms with van der Waals surface area (Å²) in [6.45, 7) is 14.8. The van der Waals surface area contributed by atoms with Gasteiger partial charge in [0.25, 0.3) is 5.91 Å². The molecule has 2 atom stereocenters. The third-order valence-electron chi connectivity index (χ3n) is 4.83. The van der Waals surface area contributed by atoms with E-state index in [1.165, 1.54) is 11.0 Å². The summed E-state index contributed by atoms with van der Waals surface area (Å²) in [4.78, 5) is 26.1. The Bertz CT molecular complexity index is 913. The zero-order valence-electron chi connectivity index (χ0n) is 21.8. The van der Waals surface area contributed by atoms with Crippen molar-refractivity contribution in [2.45, 2.75) is 72.3 Å². The van der Waals surface area contributed by atoms with Crippen molar-refractivity contribution in [2.24, 2.45) is 0 Å². The maximum absolute atomic E-state index is 12.4. The van der Waals surface area contributed by atoms with Crippen LogP contribution in [-0.4, -0.2) is 46.4 Å². The van der Waals surface area contributed by atoms with Crippen LogP contribution in [0.4, 0.5) is 4.79 Å². The molecule has 0 saturated carbocycles. The number of benzene rings is 1. The van der Waals surface area contributed by atoms with Gasteiger partial charge in [0.15, 0.2) is 0 Å². The number of carbonyl (C=O) groups excluding carboxylic acids is 2. The first-order chi connectivity index (χ1) is 16.5. The fourth-order valence-corrected chi connectivity index (χ4v) is 2.97. The quantitative estimate of drug-likeness (QED) is 0.313. The first kappa shape index (κ1) is 29.9. The van der Waals surface area contributed by atoms with Gasteiger partial charge in [-0.1, -0.05) is 56.0 Å². The Morgan fingerprint density at radius 1 is 1.17 bits per heavy atom. The van der Waals surface area contributed by atoms with Gasteiger partial charge in [0.2, 0.25) is 0 Å². The van der Waals surface area contributed by atoms with Crippen LogP contribution in [-0.2, 0) is 20.9 Å². The average molecular weight is 485 g/mol. The van der Waals surface area contributed by atoms with Gasteiger partial charge in [-0.2, -0.15) is 0 Å². The third-order valence-corrected chi connectivity index (χ3v) is 4.83. The number of rotatable bonds is 12. The minimum absolute atomic E-state index is 0.0729. The number of ether oxygens (including phenoxy) is 2. The summed E-state index contributed by atoms with van der Waals surface area (Å²) in [5.74, 6) is -0.256. The molecule has 0 aromatic heterocycles. The van der Waals surface area contributed by atoms with Crippen molar-refractivity contribution in [3.05, 3.63) is 84.2 Å². The van der Waals surface area contributed by atoms with Crippen molar-refractivity contribution < 1.29 is 24.2 Å². The molecule has 1 aromatic rings. The predicted octanol–water partition coefficient (Wildman–Crippen LogP) is 5.25. The molecule has 0 heterocycles. The van der Waals surface area contributed by atoms with Gasteiger partial charge >= 0.3 is 6.09 Å². The topological polar surface area (TPSA) is 88.1 Å². The van der Waals surface area contributed by atoms with Gasteiger partial charge in [0, 0.05) is 11.9 Å². The zero-order chi connectivity index (χ0) is 26.4. The third kappa shape index (κ3) is 11.7. The number of aliphatic hydroxyl groups is 1. The monoisotopic (exact) mass is 484 g/mol. The summed E-state index contributed by atoms with van der Waals surface area (Å²) in [5.41, 5.74) is 1.54. The SMILES string of the molecule is C=CC(=O)N(/C=C\CC)/C(C)=C/C=C(\C)C(O)C(COCc1ccccc1)NC(=O)OC(C)(C)C. The Hall–Kier alpha value is -3.16. The number of hydrogen-bond donors (Lipinski definition) is 2. The second kappa shape index (κ2) is 15.0. The first-order valence-corrected chi connectivity index (χ1v) is 11.7. The molecule has 192 valence electrons. The van der Waals surface area contributed by atoms with Crippen molar-refractivity contribution in [2.75, 3.05) is 6.61 Å². The first-order valence-electron chi connectivity index (χ1n) is 11.7. The van der Waals surface area contributed by atoms with E-state index in [2.05, 4.69) is 11.9 Å². The number of aliphatic hydroxyl groups excluding tert-OH is 1. The Morgan fingerprint density at radius 3 is 2.40 bits per heavy atom. The van der Waals surface area contributed by atoms with Crippen molar-refractivity contribution >= 4 is 12.0 Å². The lowest BCUT2D eigenvalue weighted by molar-refractivity contribution is -0.122. The lowest BCUT2D eigenvalue weighted by atomic mass is 10.0. The summed E-state index contributed by atoms with van der Waals surface area (Å²) in [5, 5.41) is 13.7. The number of nitrogens with zero attached hydrogens (tertiary/aromatic N) is 1. The summed E-state index contributed by atoms with van der Waals surface area (Å²) in [6.07, 6.45) is 7.35. The molecule has 2 amide bonds. The standard InChI is InChI=1S/C28H40N2O5/c1-8-10-18-30(25(31)9-2)22(4)17-16-21(3)26(32)24(29-27(33)35-28(5,6)7)20-34-19-23-14-12-11-13-15-23/h9-18,24,26,32H,2,8,19-20H2,1,3-7H3,(H,29,33)/b18-10-,21-16+,22-17+. The minimum Gasteiger partial charge on any atom is -0.444 e. The van der Waals surface area contributed by atoms with Crippen LogP contribution in [0.25, 0.3) is 0 Å². The second-order valence-corrected chi connectivity index (χ2v) is 9.12. The molecule has 0 spiro atoms. The van der Waals surface area contributed by atoms with Gasteiger partial charge in [-0.3, -0.25) is 9.69 Å². The maximum Gasteiger partial charge on any atom is 0.408 e. The molecule has 0 aliphatic heterocycles. The highest BCUT2D eigenvalue weighted by Gasteiger charge is 2.26. The van der Waals surface area contributed by atoms with E-state index >= 15 is 0 Å². The molecule has 7 heteroatoms. The predicted molar refractivity (Wildman–Crippen MR) is 139 cm³/mol. The number of hydrogen-bond acceptors (Lipinski definition) is 5. The van der Waals surface area contributed by atoms with E-state index in [0.29, 0.717) is 17.9 Å². The Morgan fingerprint density at radius 2 is 1.83 bits per heavy atom. The number of amides is 2. The van der Waals surface area contributed by atoms with E-state index in [4.69, 9.17) is 9.47 Å². The van der Waals surface area contributed by atoms with E-state index < -0.39 is 23.8 Å².